The van der Waals surface area contributed by atoms with Crippen molar-refractivity contribution in [2.45, 2.75) is 32.1 Å². The van der Waals surface area contributed by atoms with Gasteiger partial charge < -0.3 is 10.2 Å². The fraction of sp³-hybridized carbons (Fsp3) is 0.588. The molecule has 1 aliphatic heterocycles. The topological polar surface area (TPSA) is 32.3 Å². The van der Waals surface area contributed by atoms with Crippen LogP contribution in [0.3, 0.4) is 0 Å². The molecule has 1 aromatic carbocycles. The van der Waals surface area contributed by atoms with E-state index in [9.17, 15) is 4.79 Å². The lowest BCUT2D eigenvalue weighted by Crippen LogP contribution is -2.44. The van der Waals surface area contributed by atoms with E-state index >= 15 is 0 Å². The first-order chi connectivity index (χ1) is 9.79. The summed E-state index contributed by atoms with van der Waals surface area (Å²) in [6.07, 6.45) is 6.61. The Morgan fingerprint density at radius 3 is 2.70 bits per heavy atom. The van der Waals surface area contributed by atoms with Crippen LogP contribution in [0.25, 0.3) is 0 Å². The number of carbonyl (C=O) groups is 1. The molecule has 1 N–H and O–H groups in total. The van der Waals surface area contributed by atoms with E-state index in [1.807, 2.05) is 31.3 Å². The second-order valence-electron chi connectivity index (χ2n) is 6.14. The zero-order valence-electron chi connectivity index (χ0n) is 12.3. The second kappa shape index (κ2) is 5.86. The number of amides is 1. The molecule has 0 radical (unpaired) electrons. The third-order valence-electron chi connectivity index (χ3n) is 5.01. The molecule has 2 unspecified atom stereocenters. The van der Waals surface area contributed by atoms with Gasteiger partial charge >= 0.3 is 0 Å². The first-order valence-corrected chi connectivity index (χ1v) is 7.85. The second-order valence-corrected chi connectivity index (χ2v) is 6.14. The number of para-hydroxylation sites is 1. The van der Waals surface area contributed by atoms with Crippen molar-refractivity contribution in [2.24, 2.45) is 11.8 Å². The van der Waals surface area contributed by atoms with Gasteiger partial charge in [0, 0.05) is 25.8 Å². The largest absolute Gasteiger partial charge is 0.387 e. The molecule has 0 spiro atoms. The smallest absolute Gasteiger partial charge is 0.255 e. The van der Waals surface area contributed by atoms with Crippen molar-refractivity contribution in [3.63, 3.8) is 0 Å². The van der Waals surface area contributed by atoms with Crippen molar-refractivity contribution in [1.82, 2.24) is 4.90 Å². The molecule has 0 aromatic heterocycles. The fourth-order valence-electron chi connectivity index (χ4n) is 3.84. The van der Waals surface area contributed by atoms with Gasteiger partial charge in [-0.3, -0.25) is 4.79 Å². The molecule has 2 atom stereocenters. The number of likely N-dealkylation sites (tertiary alicyclic amines) is 1. The standard InChI is InChI=1S/C17H24N2O/c1-18-16-9-5-4-8-15(16)17(20)19-11-10-13-6-2-3-7-14(13)12-19/h4-5,8-9,13-14,18H,2-3,6-7,10-12H2,1H3. The highest BCUT2D eigenvalue weighted by Crippen LogP contribution is 2.36. The van der Waals surface area contributed by atoms with Crippen LogP contribution in [0, 0.1) is 11.8 Å². The summed E-state index contributed by atoms with van der Waals surface area (Å²) in [5, 5.41) is 3.12. The molecule has 108 valence electrons. The Bertz CT molecular complexity index is 486. The number of rotatable bonds is 2. The van der Waals surface area contributed by atoms with E-state index in [-0.39, 0.29) is 5.91 Å². The first-order valence-electron chi connectivity index (χ1n) is 7.85. The van der Waals surface area contributed by atoms with Crippen LogP contribution in [0.5, 0.6) is 0 Å². The molecule has 0 bridgehead atoms. The molecule has 1 heterocycles. The summed E-state index contributed by atoms with van der Waals surface area (Å²) in [4.78, 5) is 14.8. The van der Waals surface area contributed by atoms with Gasteiger partial charge in [0.2, 0.25) is 0 Å². The van der Waals surface area contributed by atoms with Crippen molar-refractivity contribution in [3.8, 4) is 0 Å². The van der Waals surface area contributed by atoms with Crippen molar-refractivity contribution in [2.75, 3.05) is 25.5 Å². The third kappa shape index (κ3) is 2.54. The monoisotopic (exact) mass is 272 g/mol. The number of hydrogen-bond acceptors (Lipinski definition) is 2. The summed E-state index contributed by atoms with van der Waals surface area (Å²) in [7, 11) is 1.87. The van der Waals surface area contributed by atoms with Crippen LogP contribution in [0.1, 0.15) is 42.5 Å². The summed E-state index contributed by atoms with van der Waals surface area (Å²) in [5.41, 5.74) is 1.74. The number of hydrogen-bond donors (Lipinski definition) is 1. The third-order valence-corrected chi connectivity index (χ3v) is 5.01. The molecule has 1 amide bonds. The Kier molecular flexibility index (Phi) is 3.95. The molecule has 1 saturated heterocycles. The normalized spacial score (nSPS) is 25.9. The van der Waals surface area contributed by atoms with E-state index in [0.717, 1.165) is 36.2 Å². The number of nitrogens with zero attached hydrogens (tertiary/aromatic N) is 1. The molecule has 3 rings (SSSR count). The summed E-state index contributed by atoms with van der Waals surface area (Å²) in [6, 6.07) is 7.82. The van der Waals surface area contributed by atoms with E-state index in [0.29, 0.717) is 0 Å². The number of anilines is 1. The lowest BCUT2D eigenvalue weighted by molar-refractivity contribution is 0.0522. The minimum absolute atomic E-state index is 0.193. The maximum atomic E-state index is 12.7. The van der Waals surface area contributed by atoms with Crippen LogP contribution in [-0.2, 0) is 0 Å². The van der Waals surface area contributed by atoms with E-state index in [1.54, 1.807) is 0 Å². The minimum atomic E-state index is 0.193. The first kappa shape index (κ1) is 13.5. The number of benzene rings is 1. The predicted molar refractivity (Wildman–Crippen MR) is 82.0 cm³/mol. The van der Waals surface area contributed by atoms with Gasteiger partial charge in [-0.25, -0.2) is 0 Å². The van der Waals surface area contributed by atoms with Crippen LogP contribution in [0.4, 0.5) is 5.69 Å². The molecule has 1 aromatic rings. The van der Waals surface area contributed by atoms with E-state index < -0.39 is 0 Å². The van der Waals surface area contributed by atoms with Gasteiger partial charge in [-0.1, -0.05) is 31.4 Å². The van der Waals surface area contributed by atoms with Crippen molar-refractivity contribution in [1.29, 1.82) is 0 Å². The summed E-state index contributed by atoms with van der Waals surface area (Å²) >= 11 is 0. The van der Waals surface area contributed by atoms with Crippen molar-refractivity contribution >= 4 is 11.6 Å². The van der Waals surface area contributed by atoms with Gasteiger partial charge in [-0.15, -0.1) is 0 Å². The Labute approximate surface area is 121 Å². The molecule has 1 saturated carbocycles. The highest BCUT2D eigenvalue weighted by Gasteiger charge is 2.33. The fourth-order valence-corrected chi connectivity index (χ4v) is 3.84. The maximum absolute atomic E-state index is 12.7. The van der Waals surface area contributed by atoms with Crippen LogP contribution in [0.15, 0.2) is 24.3 Å². The van der Waals surface area contributed by atoms with Gasteiger partial charge in [0.1, 0.15) is 0 Å². The molecular formula is C17H24N2O. The molecule has 20 heavy (non-hydrogen) atoms. The number of piperidine rings is 1. The van der Waals surface area contributed by atoms with Gasteiger partial charge in [-0.05, 0) is 36.8 Å². The van der Waals surface area contributed by atoms with Crippen LogP contribution in [-0.4, -0.2) is 30.9 Å². The predicted octanol–water partition coefficient (Wildman–Crippen LogP) is 3.38. The number of nitrogens with one attached hydrogen (secondary N) is 1. The zero-order chi connectivity index (χ0) is 13.9. The van der Waals surface area contributed by atoms with E-state index in [1.165, 1.54) is 32.1 Å². The average Bonchev–Trinajstić information content (AvgIpc) is 2.53. The van der Waals surface area contributed by atoms with E-state index in [4.69, 9.17) is 0 Å². The van der Waals surface area contributed by atoms with Gasteiger partial charge in [0.05, 0.1) is 5.56 Å². The SMILES string of the molecule is CNc1ccccc1C(=O)N1CCC2CCCCC2C1. The quantitative estimate of drug-likeness (QED) is 0.895. The Hall–Kier alpha value is -1.51. The Morgan fingerprint density at radius 2 is 1.90 bits per heavy atom. The average molecular weight is 272 g/mol. The zero-order valence-corrected chi connectivity index (χ0v) is 12.3. The lowest BCUT2D eigenvalue weighted by atomic mass is 9.75. The highest BCUT2D eigenvalue weighted by molar-refractivity contribution is 5.99. The summed E-state index contributed by atoms with van der Waals surface area (Å²) in [5.74, 6) is 1.80. The lowest BCUT2D eigenvalue weighted by Gasteiger charge is -2.41. The molecule has 1 aliphatic carbocycles. The molecule has 3 nitrogen and oxygen atoms in total. The van der Waals surface area contributed by atoms with Gasteiger partial charge in [0.15, 0.2) is 0 Å². The molecule has 2 fully saturated rings. The minimum Gasteiger partial charge on any atom is -0.387 e. The maximum Gasteiger partial charge on any atom is 0.255 e. The Balaban J connectivity index is 1.74. The molecular weight excluding hydrogens is 248 g/mol. The van der Waals surface area contributed by atoms with Crippen LogP contribution >= 0.6 is 0 Å². The van der Waals surface area contributed by atoms with Gasteiger partial charge in [0.25, 0.3) is 5.91 Å². The van der Waals surface area contributed by atoms with Crippen LogP contribution < -0.4 is 5.32 Å². The highest BCUT2D eigenvalue weighted by atomic mass is 16.2. The number of fused-ring (bicyclic) bond motifs is 1. The number of carbonyl (C=O) groups excluding carboxylic acids is 1. The Morgan fingerprint density at radius 1 is 1.15 bits per heavy atom. The molecule has 2 aliphatic rings. The summed E-state index contributed by atoms with van der Waals surface area (Å²) < 4.78 is 0. The van der Waals surface area contributed by atoms with Crippen molar-refractivity contribution < 1.29 is 4.79 Å². The van der Waals surface area contributed by atoms with Gasteiger partial charge in [-0.2, -0.15) is 0 Å². The van der Waals surface area contributed by atoms with Crippen molar-refractivity contribution in [3.05, 3.63) is 29.8 Å². The molecule has 3 heteroatoms. The van der Waals surface area contributed by atoms with E-state index in [2.05, 4.69) is 10.2 Å². The van der Waals surface area contributed by atoms with Crippen LogP contribution in [0.2, 0.25) is 0 Å². The summed E-state index contributed by atoms with van der Waals surface area (Å²) in [6.45, 7) is 1.89.